The molecule has 1 aliphatic rings. The number of nitrogen functional groups attached to an aromatic ring is 1. The summed E-state index contributed by atoms with van der Waals surface area (Å²) in [6.07, 6.45) is 2.12. The van der Waals surface area contributed by atoms with Crippen LogP contribution in [-0.2, 0) is 11.2 Å². The first-order valence-corrected chi connectivity index (χ1v) is 8.97. The predicted octanol–water partition coefficient (Wildman–Crippen LogP) is 1.61. The quantitative estimate of drug-likeness (QED) is 0.675. The smallest absolute Gasteiger partial charge is 0.343 e. The number of rotatable bonds is 4. The van der Waals surface area contributed by atoms with E-state index in [0.29, 0.717) is 12.1 Å². The third-order valence-corrected chi connectivity index (χ3v) is 3.97. The predicted molar refractivity (Wildman–Crippen MR) is 106 cm³/mol. The Hall–Kier alpha value is -3.20. The van der Waals surface area contributed by atoms with Crippen LogP contribution >= 0.6 is 0 Å². The topological polar surface area (TPSA) is 131 Å². The van der Waals surface area contributed by atoms with Crippen molar-refractivity contribution in [2.75, 3.05) is 37.9 Å². The van der Waals surface area contributed by atoms with Gasteiger partial charge in [-0.05, 0) is 44.0 Å². The Bertz CT molecular complexity index is 856. The third kappa shape index (κ3) is 4.95. The normalized spacial score (nSPS) is 12.6. The van der Waals surface area contributed by atoms with Crippen LogP contribution in [0.3, 0.4) is 0 Å². The van der Waals surface area contributed by atoms with Crippen LogP contribution in [0, 0.1) is 0 Å². The Morgan fingerprint density at radius 1 is 1.39 bits per heavy atom. The van der Waals surface area contributed by atoms with Crippen molar-refractivity contribution in [3.05, 3.63) is 41.1 Å². The number of carbonyl (C=O) groups excluding carboxylic acids is 2. The molecule has 1 aliphatic heterocycles. The summed E-state index contributed by atoms with van der Waals surface area (Å²) in [5, 5.41) is 10.6. The summed E-state index contributed by atoms with van der Waals surface area (Å²) in [4.78, 5) is 33.7. The first kappa shape index (κ1) is 21.1. The molecule has 2 heterocycles. The van der Waals surface area contributed by atoms with Crippen molar-refractivity contribution in [3.63, 3.8) is 0 Å². The number of carbonyl (C=O) groups is 2. The minimum atomic E-state index is -0.553. The zero-order valence-electron chi connectivity index (χ0n) is 16.2. The Balaban J connectivity index is 0.000000878. The van der Waals surface area contributed by atoms with Gasteiger partial charge in [0, 0.05) is 37.6 Å². The highest BCUT2D eigenvalue weighted by molar-refractivity contribution is 5.97. The van der Waals surface area contributed by atoms with Crippen molar-refractivity contribution in [1.82, 2.24) is 14.9 Å². The van der Waals surface area contributed by atoms with Gasteiger partial charge in [-0.25, -0.2) is 9.78 Å². The molecule has 1 amide bonds. The highest BCUT2D eigenvalue weighted by Gasteiger charge is 2.21. The summed E-state index contributed by atoms with van der Waals surface area (Å²) >= 11 is 0. The van der Waals surface area contributed by atoms with Crippen LogP contribution in [0.2, 0.25) is 0 Å². The van der Waals surface area contributed by atoms with Gasteiger partial charge in [-0.1, -0.05) is 0 Å². The number of benzene rings is 1. The number of anilines is 3. The minimum Gasteiger partial charge on any atom is -0.462 e. The van der Waals surface area contributed by atoms with E-state index in [-0.39, 0.29) is 36.5 Å². The number of aliphatic hydroxyl groups excluding tert-OH is 1. The van der Waals surface area contributed by atoms with Crippen molar-refractivity contribution >= 4 is 29.3 Å². The van der Waals surface area contributed by atoms with Crippen molar-refractivity contribution in [3.8, 4) is 0 Å². The maximum Gasteiger partial charge on any atom is 0.343 e. The van der Waals surface area contributed by atoms with E-state index in [2.05, 4.69) is 15.3 Å². The Morgan fingerprint density at radius 2 is 2.11 bits per heavy atom. The summed E-state index contributed by atoms with van der Waals surface area (Å²) in [6.45, 7) is 4.58. The number of esters is 1. The molecule has 0 spiro atoms. The van der Waals surface area contributed by atoms with Crippen LogP contribution in [0.5, 0.6) is 0 Å². The highest BCUT2D eigenvalue weighted by atomic mass is 16.5. The lowest BCUT2D eigenvalue weighted by atomic mass is 9.99. The summed E-state index contributed by atoms with van der Waals surface area (Å²) in [6, 6.07) is 5.47. The Labute approximate surface area is 163 Å². The highest BCUT2D eigenvalue weighted by Crippen LogP contribution is 2.24. The van der Waals surface area contributed by atoms with Crippen molar-refractivity contribution < 1.29 is 19.4 Å². The molecular formula is C19H25N5O4. The first-order chi connectivity index (χ1) is 13.4. The lowest BCUT2D eigenvalue weighted by Gasteiger charge is -2.25. The van der Waals surface area contributed by atoms with E-state index in [9.17, 15) is 9.59 Å². The molecule has 4 N–H and O–H groups in total. The molecular weight excluding hydrogens is 362 g/mol. The van der Waals surface area contributed by atoms with Crippen molar-refractivity contribution in [2.45, 2.75) is 20.3 Å². The number of ether oxygens (including phenoxy) is 1. The standard InChI is InChI=1S/C17H19N5O3.C2H6O/c1-3-25-16(24)13-9-19-17(21-14(13)18)20-11-4-5-12-10(8-11)6-7-22(2)15(12)23;1-2-3/h4-5,8-9H,3,6-7H2,1-2H3,(H3,18,19,20,21);3H,2H2,1H3. The van der Waals surface area contributed by atoms with Crippen molar-refractivity contribution in [1.29, 1.82) is 0 Å². The van der Waals surface area contributed by atoms with Gasteiger partial charge in [0.2, 0.25) is 5.95 Å². The van der Waals surface area contributed by atoms with Crippen LogP contribution in [0.4, 0.5) is 17.5 Å². The van der Waals surface area contributed by atoms with E-state index in [1.165, 1.54) is 6.20 Å². The van der Waals surface area contributed by atoms with Gasteiger partial charge in [-0.2, -0.15) is 4.98 Å². The summed E-state index contributed by atoms with van der Waals surface area (Å²) in [7, 11) is 1.79. The molecule has 150 valence electrons. The lowest BCUT2D eigenvalue weighted by molar-refractivity contribution is 0.0526. The summed E-state index contributed by atoms with van der Waals surface area (Å²) in [5.74, 6) is -0.217. The van der Waals surface area contributed by atoms with E-state index >= 15 is 0 Å². The summed E-state index contributed by atoms with van der Waals surface area (Å²) in [5.41, 5.74) is 8.37. The second-order valence-electron chi connectivity index (χ2n) is 6.00. The van der Waals surface area contributed by atoms with Gasteiger partial charge in [0.25, 0.3) is 5.91 Å². The number of nitrogens with zero attached hydrogens (tertiary/aromatic N) is 3. The Kier molecular flexibility index (Phi) is 7.28. The van der Waals surface area contributed by atoms with Gasteiger partial charge < -0.3 is 25.8 Å². The number of nitrogens with two attached hydrogens (primary N) is 1. The summed E-state index contributed by atoms with van der Waals surface area (Å²) < 4.78 is 4.89. The molecule has 0 saturated carbocycles. The largest absolute Gasteiger partial charge is 0.462 e. The molecule has 1 aromatic carbocycles. The van der Waals surface area contributed by atoms with E-state index in [1.807, 2.05) is 6.07 Å². The van der Waals surface area contributed by atoms with Crippen LogP contribution in [0.1, 0.15) is 40.1 Å². The average Bonchev–Trinajstić information content (AvgIpc) is 2.66. The average molecular weight is 387 g/mol. The number of aliphatic hydroxyl groups is 1. The molecule has 3 rings (SSSR count). The van der Waals surface area contributed by atoms with Crippen molar-refractivity contribution in [2.24, 2.45) is 0 Å². The monoisotopic (exact) mass is 387 g/mol. The molecule has 0 radical (unpaired) electrons. The number of aromatic nitrogens is 2. The SMILES string of the molecule is CCO.CCOC(=O)c1cnc(Nc2ccc3c(c2)CCN(C)C3=O)nc1N. The van der Waals surface area contributed by atoms with Gasteiger partial charge in [-0.3, -0.25) is 4.79 Å². The van der Waals surface area contributed by atoms with Crippen LogP contribution < -0.4 is 11.1 Å². The van der Waals surface area contributed by atoms with E-state index in [1.54, 1.807) is 37.9 Å². The maximum absolute atomic E-state index is 12.1. The van der Waals surface area contributed by atoms with Gasteiger partial charge in [0.15, 0.2) is 0 Å². The molecule has 1 aromatic heterocycles. The van der Waals surface area contributed by atoms with Gasteiger partial charge >= 0.3 is 5.97 Å². The molecule has 0 atom stereocenters. The Morgan fingerprint density at radius 3 is 2.75 bits per heavy atom. The number of fused-ring (bicyclic) bond motifs is 1. The molecule has 0 fully saturated rings. The van der Waals surface area contributed by atoms with E-state index in [4.69, 9.17) is 15.6 Å². The number of amides is 1. The zero-order valence-corrected chi connectivity index (χ0v) is 16.2. The number of likely N-dealkylation sites (N-methyl/N-ethyl adjacent to an activating group) is 1. The number of hydrogen-bond donors (Lipinski definition) is 3. The van der Waals surface area contributed by atoms with Gasteiger partial charge in [0.1, 0.15) is 11.4 Å². The fraction of sp³-hybridized carbons (Fsp3) is 0.368. The minimum absolute atomic E-state index is 0.0204. The molecule has 9 heteroatoms. The molecule has 0 saturated heterocycles. The third-order valence-electron chi connectivity index (χ3n) is 3.97. The van der Waals surface area contributed by atoms with E-state index in [0.717, 1.165) is 17.7 Å². The molecule has 2 aromatic rings. The first-order valence-electron chi connectivity index (χ1n) is 8.97. The fourth-order valence-electron chi connectivity index (χ4n) is 2.63. The molecule has 9 nitrogen and oxygen atoms in total. The number of nitrogens with one attached hydrogen (secondary N) is 1. The van der Waals surface area contributed by atoms with E-state index < -0.39 is 5.97 Å². The molecule has 0 unspecified atom stereocenters. The van der Waals surface area contributed by atoms with Gasteiger partial charge in [-0.15, -0.1) is 0 Å². The molecule has 28 heavy (non-hydrogen) atoms. The van der Waals surface area contributed by atoms with Crippen LogP contribution in [-0.4, -0.2) is 58.7 Å². The van der Waals surface area contributed by atoms with Crippen LogP contribution in [0.15, 0.2) is 24.4 Å². The second-order valence-corrected chi connectivity index (χ2v) is 6.00. The maximum atomic E-state index is 12.1. The fourth-order valence-corrected chi connectivity index (χ4v) is 2.63. The molecule has 0 bridgehead atoms. The lowest BCUT2D eigenvalue weighted by Crippen LogP contribution is -2.34. The molecule has 0 aliphatic carbocycles. The second kappa shape index (κ2) is 9.65. The zero-order chi connectivity index (χ0) is 20.7. The van der Waals surface area contributed by atoms with Gasteiger partial charge in [0.05, 0.1) is 6.61 Å². The number of hydrogen-bond acceptors (Lipinski definition) is 8. The van der Waals surface area contributed by atoms with Crippen LogP contribution in [0.25, 0.3) is 0 Å².